The normalized spacial score (nSPS) is 25.2. The summed E-state index contributed by atoms with van der Waals surface area (Å²) < 4.78 is 28.0. The molecule has 7 heteroatoms. The molecule has 0 saturated carbocycles. The van der Waals surface area contributed by atoms with Gasteiger partial charge in [-0.1, -0.05) is 0 Å². The molecule has 1 N–H and O–H groups in total. The number of carbonyl (C=O) groups is 1. The van der Waals surface area contributed by atoms with Gasteiger partial charge in [-0.15, -0.1) is 0 Å². The highest BCUT2D eigenvalue weighted by atomic mass is 32.2. The Labute approximate surface area is 133 Å². The van der Waals surface area contributed by atoms with Crippen molar-refractivity contribution in [2.45, 2.75) is 51.2 Å². The Morgan fingerprint density at radius 3 is 2.55 bits per heavy atom. The van der Waals surface area contributed by atoms with E-state index in [9.17, 15) is 13.2 Å². The van der Waals surface area contributed by atoms with E-state index in [0.717, 1.165) is 45.4 Å². The number of urea groups is 1. The van der Waals surface area contributed by atoms with Gasteiger partial charge in [0.15, 0.2) is 0 Å². The first kappa shape index (κ1) is 17.5. The summed E-state index contributed by atoms with van der Waals surface area (Å²) in [5, 5.41) is 2.90. The van der Waals surface area contributed by atoms with Gasteiger partial charge in [-0.25, -0.2) is 13.2 Å². The molecule has 0 aromatic carbocycles. The third kappa shape index (κ3) is 5.43. The molecule has 2 saturated heterocycles. The van der Waals surface area contributed by atoms with Gasteiger partial charge in [-0.2, -0.15) is 0 Å². The van der Waals surface area contributed by atoms with Crippen LogP contribution in [-0.2, 0) is 14.6 Å². The van der Waals surface area contributed by atoms with E-state index in [1.54, 1.807) is 0 Å². The van der Waals surface area contributed by atoms with Crippen molar-refractivity contribution < 1.29 is 17.9 Å². The first-order valence-electron chi connectivity index (χ1n) is 8.20. The SMILES string of the molecule is CC(CCS(C)(=O)=O)NC(=O)N1CCC(C2CCCO2)CC1. The molecule has 2 rings (SSSR count). The minimum absolute atomic E-state index is 0.0770. The maximum absolute atomic E-state index is 12.2. The summed E-state index contributed by atoms with van der Waals surface area (Å²) in [4.78, 5) is 14.0. The average molecular weight is 332 g/mol. The Morgan fingerprint density at radius 1 is 1.32 bits per heavy atom. The topological polar surface area (TPSA) is 75.7 Å². The van der Waals surface area contributed by atoms with Gasteiger partial charge < -0.3 is 15.0 Å². The fourth-order valence-corrected chi connectivity index (χ4v) is 4.00. The molecular weight excluding hydrogens is 304 g/mol. The number of amides is 2. The van der Waals surface area contributed by atoms with E-state index in [-0.39, 0.29) is 17.8 Å². The summed E-state index contributed by atoms with van der Waals surface area (Å²) >= 11 is 0. The van der Waals surface area contributed by atoms with Gasteiger partial charge in [-0.3, -0.25) is 0 Å². The predicted molar refractivity (Wildman–Crippen MR) is 85.6 cm³/mol. The summed E-state index contributed by atoms with van der Waals surface area (Å²) in [5.41, 5.74) is 0. The van der Waals surface area contributed by atoms with Crippen molar-refractivity contribution in [1.82, 2.24) is 10.2 Å². The van der Waals surface area contributed by atoms with E-state index in [4.69, 9.17) is 4.74 Å². The van der Waals surface area contributed by atoms with Crippen LogP contribution in [0.3, 0.4) is 0 Å². The zero-order chi connectivity index (χ0) is 16.2. The summed E-state index contributed by atoms with van der Waals surface area (Å²) in [6.45, 7) is 4.25. The van der Waals surface area contributed by atoms with Gasteiger partial charge >= 0.3 is 6.03 Å². The van der Waals surface area contributed by atoms with Crippen LogP contribution in [0.1, 0.15) is 39.0 Å². The lowest BCUT2D eigenvalue weighted by Crippen LogP contribution is -2.48. The molecule has 2 aliphatic heterocycles. The summed E-state index contributed by atoms with van der Waals surface area (Å²) in [7, 11) is -2.98. The molecule has 0 aliphatic carbocycles. The van der Waals surface area contributed by atoms with Crippen molar-refractivity contribution in [2.24, 2.45) is 5.92 Å². The minimum atomic E-state index is -2.98. The Bertz CT molecular complexity index is 466. The second-order valence-corrected chi connectivity index (χ2v) is 8.90. The maximum atomic E-state index is 12.2. The number of sulfone groups is 1. The lowest BCUT2D eigenvalue weighted by Gasteiger charge is -2.35. The van der Waals surface area contributed by atoms with Crippen LogP contribution in [0.2, 0.25) is 0 Å². The van der Waals surface area contributed by atoms with E-state index in [1.165, 1.54) is 6.26 Å². The zero-order valence-electron chi connectivity index (χ0n) is 13.6. The molecule has 128 valence electrons. The number of carbonyl (C=O) groups excluding carboxylic acids is 1. The molecule has 0 spiro atoms. The monoisotopic (exact) mass is 332 g/mol. The fraction of sp³-hybridized carbons (Fsp3) is 0.933. The Morgan fingerprint density at radius 2 is 2.00 bits per heavy atom. The maximum Gasteiger partial charge on any atom is 0.317 e. The van der Waals surface area contributed by atoms with Gasteiger partial charge in [-0.05, 0) is 44.9 Å². The number of ether oxygens (including phenoxy) is 1. The molecular formula is C15H28N2O4S. The van der Waals surface area contributed by atoms with Crippen LogP contribution in [0.15, 0.2) is 0 Å². The summed E-state index contributed by atoms with van der Waals surface area (Å²) in [6.07, 6.45) is 6.36. The summed E-state index contributed by atoms with van der Waals surface area (Å²) in [6, 6.07) is -0.204. The van der Waals surface area contributed by atoms with Crippen molar-refractivity contribution in [2.75, 3.05) is 31.7 Å². The van der Waals surface area contributed by atoms with Crippen LogP contribution < -0.4 is 5.32 Å². The van der Waals surface area contributed by atoms with E-state index < -0.39 is 9.84 Å². The number of hydrogen-bond acceptors (Lipinski definition) is 4. The number of hydrogen-bond donors (Lipinski definition) is 1. The lowest BCUT2D eigenvalue weighted by molar-refractivity contribution is 0.0371. The third-order valence-corrected chi connectivity index (χ3v) is 5.59. The van der Waals surface area contributed by atoms with Crippen LogP contribution in [0.5, 0.6) is 0 Å². The van der Waals surface area contributed by atoms with Crippen LogP contribution >= 0.6 is 0 Å². The van der Waals surface area contributed by atoms with E-state index >= 15 is 0 Å². The van der Waals surface area contributed by atoms with E-state index in [2.05, 4.69) is 5.32 Å². The molecule has 2 fully saturated rings. The Balaban J connectivity index is 1.70. The van der Waals surface area contributed by atoms with Gasteiger partial charge in [0.1, 0.15) is 9.84 Å². The van der Waals surface area contributed by atoms with Gasteiger partial charge in [0.2, 0.25) is 0 Å². The zero-order valence-corrected chi connectivity index (χ0v) is 14.4. The molecule has 2 heterocycles. The first-order valence-corrected chi connectivity index (χ1v) is 10.3. The number of likely N-dealkylation sites (tertiary alicyclic amines) is 1. The molecule has 0 aromatic rings. The highest BCUT2D eigenvalue weighted by molar-refractivity contribution is 7.90. The van der Waals surface area contributed by atoms with Crippen molar-refractivity contribution in [3.63, 3.8) is 0 Å². The van der Waals surface area contributed by atoms with Crippen LogP contribution in [0.4, 0.5) is 4.79 Å². The highest BCUT2D eigenvalue weighted by Crippen LogP contribution is 2.28. The molecule has 22 heavy (non-hydrogen) atoms. The molecule has 0 radical (unpaired) electrons. The molecule has 2 amide bonds. The largest absolute Gasteiger partial charge is 0.378 e. The molecule has 0 aromatic heterocycles. The molecule has 2 unspecified atom stereocenters. The minimum Gasteiger partial charge on any atom is -0.378 e. The smallest absolute Gasteiger partial charge is 0.317 e. The second-order valence-electron chi connectivity index (χ2n) is 6.65. The average Bonchev–Trinajstić information content (AvgIpc) is 2.99. The van der Waals surface area contributed by atoms with Gasteiger partial charge in [0.05, 0.1) is 11.9 Å². The first-order chi connectivity index (χ1) is 10.3. The number of rotatable bonds is 5. The Hall–Kier alpha value is -0.820. The predicted octanol–water partition coefficient (Wildman–Crippen LogP) is 1.41. The van der Waals surface area contributed by atoms with Crippen LogP contribution in [0, 0.1) is 5.92 Å². The highest BCUT2D eigenvalue weighted by Gasteiger charge is 2.31. The number of piperidine rings is 1. The van der Waals surface area contributed by atoms with Gasteiger partial charge in [0, 0.05) is 32.0 Å². The van der Waals surface area contributed by atoms with E-state index in [1.807, 2.05) is 11.8 Å². The molecule has 6 nitrogen and oxygen atoms in total. The van der Waals surface area contributed by atoms with Crippen molar-refractivity contribution >= 4 is 15.9 Å². The quantitative estimate of drug-likeness (QED) is 0.826. The van der Waals surface area contributed by atoms with Crippen molar-refractivity contribution in [3.05, 3.63) is 0 Å². The second kappa shape index (κ2) is 7.64. The van der Waals surface area contributed by atoms with Crippen molar-refractivity contribution in [1.29, 1.82) is 0 Å². The van der Waals surface area contributed by atoms with E-state index in [0.29, 0.717) is 18.4 Å². The molecule has 0 bridgehead atoms. The number of nitrogens with one attached hydrogen (secondary N) is 1. The van der Waals surface area contributed by atoms with Crippen LogP contribution in [0.25, 0.3) is 0 Å². The standard InChI is InChI=1S/C15H28N2O4S/c1-12(7-11-22(2,19)20)16-15(18)17-8-5-13(6-9-17)14-4-3-10-21-14/h12-14H,3-11H2,1-2H3,(H,16,18). The summed E-state index contributed by atoms with van der Waals surface area (Å²) in [5.74, 6) is 0.685. The Kier molecular flexibility index (Phi) is 6.09. The van der Waals surface area contributed by atoms with Gasteiger partial charge in [0.25, 0.3) is 0 Å². The molecule has 2 atom stereocenters. The number of nitrogens with zero attached hydrogens (tertiary/aromatic N) is 1. The lowest BCUT2D eigenvalue weighted by atomic mass is 9.90. The fourth-order valence-electron chi connectivity index (χ4n) is 3.21. The third-order valence-electron chi connectivity index (χ3n) is 4.61. The molecule has 2 aliphatic rings. The van der Waals surface area contributed by atoms with Crippen LogP contribution in [-0.4, -0.2) is 63.2 Å². The van der Waals surface area contributed by atoms with Crippen molar-refractivity contribution in [3.8, 4) is 0 Å².